The highest BCUT2D eigenvalue weighted by molar-refractivity contribution is 7.80. The first kappa shape index (κ1) is 20.6. The number of nitrogens with zero attached hydrogens (tertiary/aromatic N) is 2. The molecule has 1 unspecified atom stereocenters. The number of methoxy groups -OCH3 is 2. The molecule has 0 fully saturated rings. The van der Waals surface area contributed by atoms with Crippen LogP contribution in [0.4, 0.5) is 11.4 Å². The van der Waals surface area contributed by atoms with Crippen molar-refractivity contribution >= 4 is 28.7 Å². The van der Waals surface area contributed by atoms with Crippen molar-refractivity contribution in [3.05, 3.63) is 69.8 Å². The zero-order valence-electron chi connectivity index (χ0n) is 15.1. The molecule has 0 aliphatic rings. The summed E-state index contributed by atoms with van der Waals surface area (Å²) >= 11 is 5.25. The van der Waals surface area contributed by atoms with Gasteiger partial charge in [0.1, 0.15) is 5.69 Å². The van der Waals surface area contributed by atoms with Gasteiger partial charge in [-0.05, 0) is 29.4 Å². The van der Waals surface area contributed by atoms with E-state index in [0.717, 1.165) is 5.56 Å². The summed E-state index contributed by atoms with van der Waals surface area (Å²) in [6, 6.07) is 13.6. The number of thiocarbonyl (C=S) groups is 1. The minimum absolute atomic E-state index is 0.0871. The van der Waals surface area contributed by atoms with Crippen molar-refractivity contribution in [3.8, 4) is 0 Å². The summed E-state index contributed by atoms with van der Waals surface area (Å²) in [5.74, 6) is 0. The number of benzene rings is 2. The lowest BCUT2D eigenvalue weighted by Gasteiger charge is -2.34. The van der Waals surface area contributed by atoms with Gasteiger partial charge in [0.15, 0.2) is 11.4 Å². The normalized spacial score (nSPS) is 12.0. The first-order valence-electron chi connectivity index (χ1n) is 8.09. The third-order valence-electron chi connectivity index (χ3n) is 4.15. The van der Waals surface area contributed by atoms with Gasteiger partial charge in [-0.3, -0.25) is 10.1 Å². The van der Waals surface area contributed by atoms with Crippen molar-refractivity contribution in [2.24, 2.45) is 5.73 Å². The van der Waals surface area contributed by atoms with Gasteiger partial charge in [-0.25, -0.2) is 0 Å². The molecule has 0 amide bonds. The maximum absolute atomic E-state index is 11.3. The van der Waals surface area contributed by atoms with E-state index < -0.39 is 17.3 Å². The average Bonchev–Trinajstić information content (AvgIpc) is 2.66. The van der Waals surface area contributed by atoms with Crippen LogP contribution in [0.1, 0.15) is 17.2 Å². The van der Waals surface area contributed by atoms with Crippen LogP contribution < -0.4 is 11.5 Å². The van der Waals surface area contributed by atoms with Crippen molar-refractivity contribution in [2.75, 3.05) is 26.5 Å². The fraction of sp³-hybridized carbons (Fsp3) is 0.278. The van der Waals surface area contributed by atoms with E-state index in [-0.39, 0.29) is 23.0 Å². The van der Waals surface area contributed by atoms with Crippen LogP contribution in [0.25, 0.3) is 0 Å². The van der Waals surface area contributed by atoms with Crippen LogP contribution >= 0.6 is 12.2 Å². The summed E-state index contributed by atoms with van der Waals surface area (Å²) in [5, 5.41) is 11.4. The molecule has 0 aliphatic heterocycles. The van der Waals surface area contributed by atoms with Crippen LogP contribution in [0.5, 0.6) is 0 Å². The van der Waals surface area contributed by atoms with Crippen molar-refractivity contribution in [1.82, 2.24) is 4.90 Å². The number of hydrogen-bond donors (Lipinski definition) is 2. The first-order chi connectivity index (χ1) is 12.9. The van der Waals surface area contributed by atoms with Crippen LogP contribution in [0.3, 0.4) is 0 Å². The van der Waals surface area contributed by atoms with Crippen LogP contribution in [-0.2, 0) is 9.47 Å². The standard InChI is InChI=1S/C18H22N4O4S/c1-25-16(26-2)11-21(18(20)27)17(12-6-4-3-5-7-12)13-8-9-14(19)15(10-13)22(23)24/h3-10,16-17H,11,19H2,1-2H3,(H2,20,27). The summed E-state index contributed by atoms with van der Waals surface area (Å²) in [4.78, 5) is 12.5. The van der Waals surface area contributed by atoms with Crippen LogP contribution in [0.15, 0.2) is 48.5 Å². The third-order valence-corrected chi connectivity index (χ3v) is 4.38. The molecule has 4 N–H and O–H groups in total. The lowest BCUT2D eigenvalue weighted by molar-refractivity contribution is -0.384. The minimum atomic E-state index is -0.582. The molecule has 0 heterocycles. The van der Waals surface area contributed by atoms with E-state index >= 15 is 0 Å². The van der Waals surface area contributed by atoms with E-state index in [1.165, 1.54) is 26.4 Å². The second kappa shape index (κ2) is 9.26. The number of nitro benzene ring substituents is 1. The molecule has 8 nitrogen and oxygen atoms in total. The van der Waals surface area contributed by atoms with Crippen molar-refractivity contribution in [2.45, 2.75) is 12.3 Å². The number of anilines is 1. The van der Waals surface area contributed by atoms with Gasteiger partial charge in [0.25, 0.3) is 5.69 Å². The Hall–Kier alpha value is -2.75. The number of rotatable bonds is 8. The Morgan fingerprint density at radius 1 is 1.19 bits per heavy atom. The van der Waals surface area contributed by atoms with Crippen LogP contribution in [0, 0.1) is 10.1 Å². The lowest BCUT2D eigenvalue weighted by Crippen LogP contribution is -2.44. The Bertz CT molecular complexity index is 799. The van der Waals surface area contributed by atoms with Gasteiger partial charge in [0.05, 0.1) is 17.5 Å². The van der Waals surface area contributed by atoms with Gasteiger partial charge in [0, 0.05) is 20.3 Å². The fourth-order valence-electron chi connectivity index (χ4n) is 2.81. The fourth-order valence-corrected chi connectivity index (χ4v) is 2.99. The molecule has 9 heteroatoms. The Labute approximate surface area is 162 Å². The molecular formula is C18H22N4O4S. The third kappa shape index (κ3) is 4.91. The van der Waals surface area contributed by atoms with E-state index in [0.29, 0.717) is 5.56 Å². The second-order valence-corrected chi connectivity index (χ2v) is 6.20. The van der Waals surface area contributed by atoms with E-state index in [9.17, 15) is 10.1 Å². The highest BCUT2D eigenvalue weighted by Crippen LogP contribution is 2.33. The van der Waals surface area contributed by atoms with Crippen molar-refractivity contribution in [1.29, 1.82) is 0 Å². The molecule has 0 bridgehead atoms. The minimum Gasteiger partial charge on any atom is -0.393 e. The van der Waals surface area contributed by atoms with E-state index in [2.05, 4.69) is 0 Å². The first-order valence-corrected chi connectivity index (χ1v) is 8.50. The van der Waals surface area contributed by atoms with Gasteiger partial charge in [-0.2, -0.15) is 0 Å². The molecule has 2 aromatic rings. The van der Waals surface area contributed by atoms with Crippen LogP contribution in [0.2, 0.25) is 0 Å². The van der Waals surface area contributed by atoms with Gasteiger partial charge in [0.2, 0.25) is 0 Å². The summed E-state index contributed by atoms with van der Waals surface area (Å²) in [7, 11) is 3.02. The smallest absolute Gasteiger partial charge is 0.292 e. The number of hydrogen-bond acceptors (Lipinski definition) is 6. The highest BCUT2D eigenvalue weighted by atomic mass is 32.1. The van der Waals surface area contributed by atoms with Gasteiger partial charge < -0.3 is 25.8 Å². The highest BCUT2D eigenvalue weighted by Gasteiger charge is 2.28. The largest absolute Gasteiger partial charge is 0.393 e. The Kier molecular flexibility index (Phi) is 7.05. The molecule has 27 heavy (non-hydrogen) atoms. The molecule has 0 aromatic heterocycles. The van der Waals surface area contributed by atoms with E-state index in [4.69, 9.17) is 33.2 Å². The maximum atomic E-state index is 11.3. The van der Waals surface area contributed by atoms with Gasteiger partial charge in [-0.1, -0.05) is 36.4 Å². The predicted octanol–water partition coefficient (Wildman–Crippen LogP) is 2.43. The number of nitrogens with two attached hydrogens (primary N) is 2. The molecule has 0 radical (unpaired) electrons. The zero-order chi connectivity index (χ0) is 20.0. The maximum Gasteiger partial charge on any atom is 0.292 e. The molecule has 0 aliphatic carbocycles. The molecule has 0 spiro atoms. The Morgan fingerprint density at radius 3 is 2.33 bits per heavy atom. The number of ether oxygens (including phenoxy) is 2. The second-order valence-electron chi connectivity index (χ2n) is 5.78. The van der Waals surface area contributed by atoms with Gasteiger partial charge >= 0.3 is 0 Å². The Morgan fingerprint density at radius 2 is 1.81 bits per heavy atom. The molecular weight excluding hydrogens is 368 g/mol. The van der Waals surface area contributed by atoms with Crippen molar-refractivity contribution in [3.63, 3.8) is 0 Å². The van der Waals surface area contributed by atoms with Crippen molar-refractivity contribution < 1.29 is 14.4 Å². The topological polar surface area (TPSA) is 117 Å². The predicted molar refractivity (Wildman–Crippen MR) is 107 cm³/mol. The molecule has 0 saturated heterocycles. The molecule has 144 valence electrons. The lowest BCUT2D eigenvalue weighted by atomic mass is 9.96. The summed E-state index contributed by atoms with van der Waals surface area (Å²) < 4.78 is 10.6. The number of nitro groups is 1. The SMILES string of the molecule is COC(CN(C(N)=S)C(c1ccccc1)c1ccc(N)c([N+](=O)[O-])c1)OC. The average molecular weight is 390 g/mol. The molecule has 1 atom stereocenters. The van der Waals surface area contributed by atoms with E-state index in [1.54, 1.807) is 11.0 Å². The summed E-state index contributed by atoms with van der Waals surface area (Å²) in [6.07, 6.45) is -0.582. The van der Waals surface area contributed by atoms with E-state index in [1.807, 2.05) is 30.3 Å². The molecule has 2 rings (SSSR count). The Balaban J connectivity index is 2.59. The monoisotopic (exact) mass is 390 g/mol. The zero-order valence-corrected chi connectivity index (χ0v) is 15.9. The number of nitrogen functional groups attached to an aromatic ring is 1. The molecule has 2 aromatic carbocycles. The quantitative estimate of drug-likeness (QED) is 0.232. The van der Waals surface area contributed by atoms with Crippen LogP contribution in [-0.4, -0.2) is 42.0 Å². The summed E-state index contributed by atoms with van der Waals surface area (Å²) in [6.45, 7) is 0.236. The van der Waals surface area contributed by atoms with Gasteiger partial charge in [-0.15, -0.1) is 0 Å². The molecule has 0 saturated carbocycles. The summed E-state index contributed by atoms with van der Waals surface area (Å²) in [5.41, 5.74) is 13.1.